The second-order valence-corrected chi connectivity index (χ2v) is 6.67. The molecule has 1 atom stereocenters. The zero-order valence-corrected chi connectivity index (χ0v) is 17.5. The predicted molar refractivity (Wildman–Crippen MR) is 111 cm³/mol. The summed E-state index contributed by atoms with van der Waals surface area (Å²) in [5.41, 5.74) is 2.85. The van der Waals surface area contributed by atoms with Crippen molar-refractivity contribution in [3.8, 4) is 17.2 Å². The Labute approximate surface area is 167 Å². The molecule has 0 saturated carbocycles. The van der Waals surface area contributed by atoms with Gasteiger partial charge in [-0.25, -0.2) is 0 Å². The maximum atomic E-state index is 12.8. The van der Waals surface area contributed by atoms with Crippen molar-refractivity contribution in [1.29, 1.82) is 0 Å². The molecule has 0 bridgehead atoms. The van der Waals surface area contributed by atoms with Crippen LogP contribution in [0.25, 0.3) is 0 Å². The summed E-state index contributed by atoms with van der Waals surface area (Å²) in [4.78, 5) is 14.9. The van der Waals surface area contributed by atoms with Crippen LogP contribution in [0.15, 0.2) is 36.4 Å². The molecule has 6 nitrogen and oxygen atoms in total. The van der Waals surface area contributed by atoms with Crippen LogP contribution in [-0.2, 0) is 6.42 Å². The highest BCUT2D eigenvalue weighted by Gasteiger charge is 2.22. The molecule has 0 saturated heterocycles. The average molecular weight is 386 g/mol. The van der Waals surface area contributed by atoms with Crippen molar-refractivity contribution in [2.45, 2.75) is 19.4 Å². The van der Waals surface area contributed by atoms with Gasteiger partial charge in [-0.2, -0.15) is 0 Å². The minimum Gasteiger partial charge on any atom is -0.493 e. The van der Waals surface area contributed by atoms with E-state index in [1.54, 1.807) is 19.2 Å². The van der Waals surface area contributed by atoms with Crippen molar-refractivity contribution in [2.24, 2.45) is 0 Å². The Morgan fingerprint density at radius 3 is 2.11 bits per heavy atom. The van der Waals surface area contributed by atoms with E-state index in [0.717, 1.165) is 12.0 Å². The van der Waals surface area contributed by atoms with Crippen molar-refractivity contribution in [2.75, 3.05) is 42.0 Å². The average Bonchev–Trinajstić information content (AvgIpc) is 2.72. The van der Waals surface area contributed by atoms with E-state index in [-0.39, 0.29) is 11.9 Å². The van der Waals surface area contributed by atoms with Crippen molar-refractivity contribution in [1.82, 2.24) is 10.2 Å². The van der Waals surface area contributed by atoms with Crippen LogP contribution in [0, 0.1) is 0 Å². The molecule has 2 rings (SSSR count). The van der Waals surface area contributed by atoms with Crippen LogP contribution in [0.3, 0.4) is 0 Å². The Morgan fingerprint density at radius 2 is 1.61 bits per heavy atom. The van der Waals surface area contributed by atoms with E-state index in [2.05, 4.69) is 41.4 Å². The molecule has 0 spiro atoms. The van der Waals surface area contributed by atoms with Gasteiger partial charge in [0.1, 0.15) is 0 Å². The predicted octanol–water partition coefficient (Wildman–Crippen LogP) is 3.31. The van der Waals surface area contributed by atoms with Crippen LogP contribution >= 0.6 is 0 Å². The standard InChI is InChI=1S/C22H30N2O4/c1-7-15-8-10-16(11-9-15)18(24(2)3)14-23-22(25)17-12-13-19(26-4)21(28-6)20(17)27-5/h8-13,18H,7,14H2,1-6H3,(H,23,25)/t18-/m0/s1. The van der Waals surface area contributed by atoms with Gasteiger partial charge in [0.25, 0.3) is 5.91 Å². The number of ether oxygens (including phenoxy) is 3. The second-order valence-electron chi connectivity index (χ2n) is 6.67. The maximum absolute atomic E-state index is 12.8. The van der Waals surface area contributed by atoms with E-state index in [1.165, 1.54) is 19.8 Å². The summed E-state index contributed by atoms with van der Waals surface area (Å²) in [7, 11) is 8.57. The quantitative estimate of drug-likeness (QED) is 0.717. The molecule has 0 aliphatic heterocycles. The summed E-state index contributed by atoms with van der Waals surface area (Å²) in [6, 6.07) is 11.9. The first-order valence-electron chi connectivity index (χ1n) is 9.29. The van der Waals surface area contributed by atoms with Gasteiger partial charge < -0.3 is 24.4 Å². The fourth-order valence-corrected chi connectivity index (χ4v) is 3.14. The first-order chi connectivity index (χ1) is 13.5. The summed E-state index contributed by atoms with van der Waals surface area (Å²) in [5, 5.41) is 3.01. The monoisotopic (exact) mass is 386 g/mol. The highest BCUT2D eigenvalue weighted by Crippen LogP contribution is 2.39. The topological polar surface area (TPSA) is 60.0 Å². The SMILES string of the molecule is CCc1ccc([C@H](CNC(=O)c2ccc(OC)c(OC)c2OC)N(C)C)cc1. The van der Waals surface area contributed by atoms with E-state index in [9.17, 15) is 4.79 Å². The fraction of sp³-hybridized carbons (Fsp3) is 0.409. The van der Waals surface area contributed by atoms with Gasteiger partial charge in [0, 0.05) is 6.54 Å². The van der Waals surface area contributed by atoms with Crippen LogP contribution < -0.4 is 19.5 Å². The van der Waals surface area contributed by atoms with Crippen molar-refractivity contribution in [3.05, 3.63) is 53.1 Å². The fourth-order valence-electron chi connectivity index (χ4n) is 3.14. The van der Waals surface area contributed by atoms with Gasteiger partial charge in [0.2, 0.25) is 5.75 Å². The van der Waals surface area contributed by atoms with E-state index >= 15 is 0 Å². The summed E-state index contributed by atoms with van der Waals surface area (Å²) in [5.74, 6) is 1.04. The third-order valence-corrected chi connectivity index (χ3v) is 4.80. The Morgan fingerprint density at radius 1 is 0.964 bits per heavy atom. The third kappa shape index (κ3) is 4.75. The van der Waals surface area contributed by atoms with Gasteiger partial charge in [0.05, 0.1) is 32.9 Å². The highest BCUT2D eigenvalue weighted by molar-refractivity contribution is 5.98. The van der Waals surface area contributed by atoms with Crippen molar-refractivity contribution >= 4 is 5.91 Å². The lowest BCUT2D eigenvalue weighted by Crippen LogP contribution is -2.34. The Kier molecular flexibility index (Phi) is 7.70. The molecule has 0 radical (unpaired) electrons. The number of carbonyl (C=O) groups excluding carboxylic acids is 1. The number of likely N-dealkylation sites (N-methyl/N-ethyl adjacent to an activating group) is 1. The molecule has 2 aromatic carbocycles. The number of nitrogens with zero attached hydrogens (tertiary/aromatic N) is 1. The normalized spacial score (nSPS) is 11.8. The molecule has 1 amide bonds. The largest absolute Gasteiger partial charge is 0.493 e. The van der Waals surface area contributed by atoms with Crippen LogP contribution in [-0.4, -0.2) is 52.8 Å². The second kappa shape index (κ2) is 9.99. The van der Waals surface area contributed by atoms with Gasteiger partial charge >= 0.3 is 0 Å². The van der Waals surface area contributed by atoms with Gasteiger partial charge in [-0.15, -0.1) is 0 Å². The molecule has 0 aliphatic rings. The molecular weight excluding hydrogens is 356 g/mol. The van der Waals surface area contributed by atoms with Crippen LogP contribution in [0.4, 0.5) is 0 Å². The smallest absolute Gasteiger partial charge is 0.255 e. The Bertz CT molecular complexity index is 788. The van der Waals surface area contributed by atoms with E-state index < -0.39 is 0 Å². The van der Waals surface area contributed by atoms with Gasteiger partial charge in [-0.05, 0) is 43.8 Å². The number of methoxy groups -OCH3 is 3. The first kappa shape index (κ1) is 21.6. The van der Waals surface area contributed by atoms with Gasteiger partial charge in [0.15, 0.2) is 11.5 Å². The molecule has 0 aromatic heterocycles. The first-order valence-corrected chi connectivity index (χ1v) is 9.29. The lowest BCUT2D eigenvalue weighted by molar-refractivity contribution is 0.0938. The van der Waals surface area contributed by atoms with E-state index in [0.29, 0.717) is 29.4 Å². The summed E-state index contributed by atoms with van der Waals surface area (Å²) >= 11 is 0. The number of rotatable bonds is 9. The number of amides is 1. The number of carbonyl (C=O) groups is 1. The van der Waals surface area contributed by atoms with E-state index in [4.69, 9.17) is 14.2 Å². The maximum Gasteiger partial charge on any atom is 0.255 e. The van der Waals surface area contributed by atoms with Gasteiger partial charge in [-0.3, -0.25) is 4.79 Å². The van der Waals surface area contributed by atoms with Crippen LogP contribution in [0.1, 0.15) is 34.5 Å². The molecular formula is C22H30N2O4. The van der Waals surface area contributed by atoms with Gasteiger partial charge in [-0.1, -0.05) is 31.2 Å². The summed E-state index contributed by atoms with van der Waals surface area (Å²) in [6.45, 7) is 2.60. The third-order valence-electron chi connectivity index (χ3n) is 4.80. The molecule has 2 aromatic rings. The Hall–Kier alpha value is -2.73. The lowest BCUT2D eigenvalue weighted by atomic mass is 10.0. The highest BCUT2D eigenvalue weighted by atomic mass is 16.5. The molecule has 6 heteroatoms. The summed E-state index contributed by atoms with van der Waals surface area (Å²) < 4.78 is 16.1. The number of aryl methyl sites for hydroxylation is 1. The zero-order valence-electron chi connectivity index (χ0n) is 17.5. The number of benzene rings is 2. The van der Waals surface area contributed by atoms with Crippen LogP contribution in [0.2, 0.25) is 0 Å². The summed E-state index contributed by atoms with van der Waals surface area (Å²) in [6.07, 6.45) is 1.00. The minimum absolute atomic E-state index is 0.0565. The van der Waals surface area contributed by atoms with Crippen molar-refractivity contribution in [3.63, 3.8) is 0 Å². The number of hydrogen-bond donors (Lipinski definition) is 1. The van der Waals surface area contributed by atoms with E-state index in [1.807, 2.05) is 14.1 Å². The molecule has 1 N–H and O–H groups in total. The molecule has 0 aliphatic carbocycles. The minimum atomic E-state index is -0.227. The molecule has 0 unspecified atom stereocenters. The molecule has 0 heterocycles. The van der Waals surface area contributed by atoms with Crippen LogP contribution in [0.5, 0.6) is 17.2 Å². The Balaban J connectivity index is 2.21. The number of nitrogens with one attached hydrogen (secondary N) is 1. The molecule has 28 heavy (non-hydrogen) atoms. The lowest BCUT2D eigenvalue weighted by Gasteiger charge is -2.25. The van der Waals surface area contributed by atoms with Crippen molar-refractivity contribution < 1.29 is 19.0 Å². The molecule has 0 fully saturated rings. The zero-order chi connectivity index (χ0) is 20.7. The molecule has 152 valence electrons. The number of hydrogen-bond acceptors (Lipinski definition) is 5.